The van der Waals surface area contributed by atoms with Gasteiger partial charge in [0.1, 0.15) is 0 Å². The summed E-state index contributed by atoms with van der Waals surface area (Å²) in [5.74, 6) is -5.51. The highest BCUT2D eigenvalue weighted by molar-refractivity contribution is 5.73. The molecule has 0 bridgehead atoms. The molecule has 3 fully saturated rings. The first-order chi connectivity index (χ1) is 18.1. The van der Waals surface area contributed by atoms with Crippen molar-refractivity contribution in [2.45, 2.75) is 56.2 Å². The van der Waals surface area contributed by atoms with Crippen LogP contribution < -0.4 is 0 Å². The van der Waals surface area contributed by atoms with Crippen molar-refractivity contribution < 1.29 is 50.9 Å². The number of ether oxygens (including phenoxy) is 1. The third-order valence-corrected chi connectivity index (χ3v) is 6.91. The van der Waals surface area contributed by atoms with Crippen molar-refractivity contribution in [1.82, 2.24) is 24.5 Å². The maximum atomic E-state index is 10.6. The molecule has 3 aliphatic rings. The zero-order chi connectivity index (χ0) is 29.4. The first kappa shape index (κ1) is 32.8. The maximum absolute atomic E-state index is 10.6. The predicted octanol–water partition coefficient (Wildman–Crippen LogP) is 2.10. The maximum Gasteiger partial charge on any atom is 0.490 e. The minimum Gasteiger partial charge on any atom is -0.475 e. The smallest absolute Gasteiger partial charge is 0.475 e. The molecule has 0 saturated carbocycles. The van der Waals surface area contributed by atoms with E-state index >= 15 is 0 Å². The van der Waals surface area contributed by atoms with Gasteiger partial charge in [-0.1, -0.05) is 0 Å². The number of alkyl halides is 6. The second-order valence-corrected chi connectivity index (χ2v) is 9.68. The van der Waals surface area contributed by atoms with Crippen LogP contribution in [-0.2, 0) is 27.8 Å². The van der Waals surface area contributed by atoms with Gasteiger partial charge in [0.2, 0.25) is 0 Å². The van der Waals surface area contributed by atoms with Crippen LogP contribution in [0.4, 0.5) is 26.3 Å². The van der Waals surface area contributed by atoms with Gasteiger partial charge in [-0.2, -0.15) is 31.4 Å². The first-order valence-corrected chi connectivity index (χ1v) is 12.4. The van der Waals surface area contributed by atoms with Crippen LogP contribution in [0.1, 0.15) is 24.8 Å². The molecular formula is C23H35F6N5O5. The van der Waals surface area contributed by atoms with Gasteiger partial charge in [-0.25, -0.2) is 9.59 Å². The van der Waals surface area contributed by atoms with Gasteiger partial charge < -0.3 is 19.8 Å². The number of rotatable bonds is 4. The van der Waals surface area contributed by atoms with Crippen molar-refractivity contribution in [3.05, 3.63) is 18.0 Å². The Bertz CT molecular complexity index is 890. The number of hydrogen-bond acceptors (Lipinski definition) is 7. The molecule has 3 saturated heterocycles. The number of likely N-dealkylation sites (N-methyl/N-ethyl adjacent to an activating group) is 1. The summed E-state index contributed by atoms with van der Waals surface area (Å²) in [5, 5.41) is 18.7. The van der Waals surface area contributed by atoms with Crippen LogP contribution in [0.25, 0.3) is 0 Å². The number of piperazine rings is 1. The predicted molar refractivity (Wildman–Crippen MR) is 126 cm³/mol. The SMILES string of the molecule is CN1CCN([C@@H]2CCN(C3CCOCC3)[C@H]2Cc2cnn(C)c2)CC1.O=C(O)C(F)(F)F.O=C(O)C(F)(F)F. The number of carboxylic acids is 2. The molecular weight excluding hydrogens is 540 g/mol. The van der Waals surface area contributed by atoms with Crippen molar-refractivity contribution in [2.75, 3.05) is 53.0 Å². The molecule has 224 valence electrons. The Morgan fingerprint density at radius 3 is 1.87 bits per heavy atom. The molecule has 1 aromatic rings. The second-order valence-electron chi connectivity index (χ2n) is 9.68. The summed E-state index contributed by atoms with van der Waals surface area (Å²) in [5.41, 5.74) is 1.38. The highest BCUT2D eigenvalue weighted by Crippen LogP contribution is 2.31. The molecule has 2 atom stereocenters. The van der Waals surface area contributed by atoms with Crippen molar-refractivity contribution >= 4 is 11.9 Å². The molecule has 0 radical (unpaired) electrons. The summed E-state index contributed by atoms with van der Waals surface area (Å²) in [6.07, 6.45) is -1.09. The Morgan fingerprint density at radius 1 is 0.923 bits per heavy atom. The molecule has 3 aliphatic heterocycles. The summed E-state index contributed by atoms with van der Waals surface area (Å²) in [4.78, 5) is 25.8. The van der Waals surface area contributed by atoms with Gasteiger partial charge in [-0.05, 0) is 38.3 Å². The number of carboxylic acid groups (broad SMARTS) is 2. The molecule has 1 aromatic heterocycles. The van der Waals surface area contributed by atoms with Crippen LogP contribution in [0.2, 0.25) is 0 Å². The summed E-state index contributed by atoms with van der Waals surface area (Å²) in [6, 6.07) is 2.01. The van der Waals surface area contributed by atoms with E-state index in [0.29, 0.717) is 18.1 Å². The summed E-state index contributed by atoms with van der Waals surface area (Å²) in [6.45, 7) is 7.94. The topological polar surface area (TPSA) is 111 Å². The largest absolute Gasteiger partial charge is 0.490 e. The fourth-order valence-electron chi connectivity index (χ4n) is 4.98. The molecule has 10 nitrogen and oxygen atoms in total. The Hall–Kier alpha value is -2.43. The molecule has 39 heavy (non-hydrogen) atoms. The van der Waals surface area contributed by atoms with Crippen LogP contribution in [0.15, 0.2) is 12.4 Å². The lowest BCUT2D eigenvalue weighted by atomic mass is 9.97. The minimum atomic E-state index is -5.08. The van der Waals surface area contributed by atoms with Gasteiger partial charge in [0.05, 0.1) is 6.20 Å². The zero-order valence-corrected chi connectivity index (χ0v) is 21.8. The summed E-state index contributed by atoms with van der Waals surface area (Å²) < 4.78 is 71.0. The van der Waals surface area contributed by atoms with Gasteiger partial charge in [0.15, 0.2) is 0 Å². The number of likely N-dealkylation sites (tertiary alicyclic amines) is 1. The fourth-order valence-corrected chi connectivity index (χ4v) is 4.98. The Kier molecular flexibility index (Phi) is 12.0. The van der Waals surface area contributed by atoms with Gasteiger partial charge >= 0.3 is 24.3 Å². The van der Waals surface area contributed by atoms with E-state index in [9.17, 15) is 26.3 Å². The van der Waals surface area contributed by atoms with E-state index in [-0.39, 0.29) is 0 Å². The number of carbonyl (C=O) groups is 2. The normalized spacial score (nSPS) is 23.9. The van der Waals surface area contributed by atoms with Crippen LogP contribution >= 0.6 is 0 Å². The van der Waals surface area contributed by atoms with Crippen molar-refractivity contribution in [3.8, 4) is 0 Å². The number of nitrogens with zero attached hydrogens (tertiary/aromatic N) is 5. The lowest BCUT2D eigenvalue weighted by molar-refractivity contribution is -0.193. The third-order valence-electron chi connectivity index (χ3n) is 6.91. The van der Waals surface area contributed by atoms with Crippen molar-refractivity contribution in [3.63, 3.8) is 0 Å². The van der Waals surface area contributed by atoms with E-state index in [2.05, 4.69) is 39.2 Å². The van der Waals surface area contributed by atoms with Gasteiger partial charge in [-0.3, -0.25) is 14.5 Å². The number of halogens is 6. The van der Waals surface area contributed by atoms with Crippen LogP contribution in [0.5, 0.6) is 0 Å². The number of aromatic nitrogens is 2. The standard InChI is InChI=1S/C19H33N5O.2C2HF3O2/c1-21-7-9-23(10-8-21)18-3-6-24(17-4-11-25-12-5-17)19(18)13-16-14-20-22(2)15-16;2*3-2(4,5)1(6)7/h14-15,17-19H,3-13H2,1-2H3;2*(H,6,7)/t18-,19+;;/m1../s1. The molecule has 2 N–H and O–H groups in total. The number of hydrogen-bond donors (Lipinski definition) is 2. The quantitative estimate of drug-likeness (QED) is 0.522. The second kappa shape index (κ2) is 14.3. The molecule has 0 spiro atoms. The monoisotopic (exact) mass is 575 g/mol. The van der Waals surface area contributed by atoms with E-state index in [4.69, 9.17) is 24.5 Å². The average molecular weight is 576 g/mol. The average Bonchev–Trinajstić information content (AvgIpc) is 3.46. The lowest BCUT2D eigenvalue weighted by Gasteiger charge is -2.42. The van der Waals surface area contributed by atoms with E-state index in [1.54, 1.807) is 0 Å². The van der Waals surface area contributed by atoms with Crippen molar-refractivity contribution in [1.29, 1.82) is 0 Å². The Labute approximate surface area is 222 Å². The molecule has 0 unspecified atom stereocenters. The summed E-state index contributed by atoms with van der Waals surface area (Å²) in [7, 11) is 4.26. The molecule has 4 heterocycles. The fraction of sp³-hybridized carbons (Fsp3) is 0.783. The zero-order valence-electron chi connectivity index (χ0n) is 21.8. The molecule has 0 aliphatic carbocycles. The van der Waals surface area contributed by atoms with E-state index < -0.39 is 24.3 Å². The van der Waals surface area contributed by atoms with Gasteiger partial charge in [0, 0.05) is 77.3 Å². The Morgan fingerprint density at radius 2 is 1.44 bits per heavy atom. The molecule has 16 heteroatoms. The molecule has 4 rings (SSSR count). The molecule has 0 amide bonds. The molecule has 0 aromatic carbocycles. The van der Waals surface area contributed by atoms with Gasteiger partial charge in [-0.15, -0.1) is 0 Å². The summed E-state index contributed by atoms with van der Waals surface area (Å²) >= 11 is 0. The number of aliphatic carboxylic acids is 2. The van der Waals surface area contributed by atoms with E-state index in [1.807, 2.05) is 11.7 Å². The van der Waals surface area contributed by atoms with Crippen molar-refractivity contribution in [2.24, 2.45) is 7.05 Å². The first-order valence-electron chi connectivity index (χ1n) is 12.4. The lowest BCUT2D eigenvalue weighted by Crippen LogP contribution is -2.55. The minimum absolute atomic E-state index is 0.621. The Balaban J connectivity index is 0.000000317. The van der Waals surface area contributed by atoms with Crippen LogP contribution in [0, 0.1) is 0 Å². The highest BCUT2D eigenvalue weighted by atomic mass is 19.4. The van der Waals surface area contributed by atoms with E-state index in [0.717, 1.165) is 19.6 Å². The highest BCUT2D eigenvalue weighted by Gasteiger charge is 2.42. The van der Waals surface area contributed by atoms with Gasteiger partial charge in [0.25, 0.3) is 0 Å². The number of aryl methyl sites for hydroxylation is 1. The van der Waals surface area contributed by atoms with Crippen LogP contribution in [-0.4, -0.2) is 130 Å². The van der Waals surface area contributed by atoms with Crippen LogP contribution in [0.3, 0.4) is 0 Å². The van der Waals surface area contributed by atoms with E-state index in [1.165, 1.54) is 57.5 Å². The third kappa shape index (κ3) is 10.6.